The molecule has 0 saturated heterocycles. The molecule has 0 aliphatic carbocycles. The second-order valence-corrected chi connectivity index (χ2v) is 3.97. The molecule has 0 saturated carbocycles. The minimum absolute atomic E-state index is 0.478. The monoisotopic (exact) mass is 262 g/mol. The Bertz CT molecular complexity index is 346. The molecule has 0 amide bonds. The SMILES string of the molecule is CCOCCCC(O)c1ccc(C(F)(F)F)cc1. The van der Waals surface area contributed by atoms with Crippen LogP contribution in [0.15, 0.2) is 24.3 Å². The Balaban J connectivity index is 2.51. The van der Waals surface area contributed by atoms with E-state index in [1.807, 2.05) is 6.92 Å². The summed E-state index contributed by atoms with van der Waals surface area (Å²) in [6, 6.07) is 4.60. The average molecular weight is 262 g/mol. The summed E-state index contributed by atoms with van der Waals surface area (Å²) in [6.45, 7) is 3.05. The molecule has 0 radical (unpaired) electrons. The van der Waals surface area contributed by atoms with Crippen molar-refractivity contribution in [1.82, 2.24) is 0 Å². The van der Waals surface area contributed by atoms with Gasteiger partial charge in [0.25, 0.3) is 0 Å². The first-order chi connectivity index (χ1) is 8.45. The number of rotatable bonds is 6. The summed E-state index contributed by atoms with van der Waals surface area (Å²) >= 11 is 0. The summed E-state index contributed by atoms with van der Waals surface area (Å²) < 4.78 is 42.1. The topological polar surface area (TPSA) is 29.5 Å². The van der Waals surface area contributed by atoms with Crippen molar-refractivity contribution in [2.45, 2.75) is 32.0 Å². The minimum atomic E-state index is -4.33. The number of alkyl halides is 3. The van der Waals surface area contributed by atoms with Crippen molar-refractivity contribution in [3.8, 4) is 0 Å². The fraction of sp³-hybridized carbons (Fsp3) is 0.538. The molecule has 1 rings (SSSR count). The molecule has 18 heavy (non-hydrogen) atoms. The van der Waals surface area contributed by atoms with Gasteiger partial charge in [-0.15, -0.1) is 0 Å². The molecule has 0 fully saturated rings. The van der Waals surface area contributed by atoms with Gasteiger partial charge in [-0.25, -0.2) is 0 Å². The Morgan fingerprint density at radius 2 is 1.83 bits per heavy atom. The standard InChI is InChI=1S/C13H17F3O2/c1-2-18-9-3-4-12(17)10-5-7-11(8-6-10)13(14,15)16/h5-8,12,17H,2-4,9H2,1H3. The number of ether oxygens (including phenoxy) is 1. The van der Waals surface area contributed by atoms with Crippen LogP contribution in [0.5, 0.6) is 0 Å². The van der Waals surface area contributed by atoms with Crippen LogP contribution in [0.3, 0.4) is 0 Å². The van der Waals surface area contributed by atoms with E-state index in [1.165, 1.54) is 12.1 Å². The second kappa shape index (κ2) is 6.75. The first-order valence-electron chi connectivity index (χ1n) is 5.88. The maximum Gasteiger partial charge on any atom is 0.416 e. The van der Waals surface area contributed by atoms with Crippen molar-refractivity contribution in [2.75, 3.05) is 13.2 Å². The van der Waals surface area contributed by atoms with Gasteiger partial charge < -0.3 is 9.84 Å². The van der Waals surface area contributed by atoms with E-state index in [0.29, 0.717) is 31.6 Å². The van der Waals surface area contributed by atoms with E-state index in [4.69, 9.17) is 4.74 Å². The Labute approximate surface area is 104 Å². The van der Waals surface area contributed by atoms with Crippen LogP contribution in [0.25, 0.3) is 0 Å². The Hall–Kier alpha value is -1.07. The summed E-state index contributed by atoms with van der Waals surface area (Å²) in [7, 11) is 0. The molecule has 0 aliphatic rings. The van der Waals surface area contributed by atoms with Crippen LogP contribution in [0, 0.1) is 0 Å². The number of benzene rings is 1. The van der Waals surface area contributed by atoms with Gasteiger partial charge in [-0.05, 0) is 37.5 Å². The molecule has 1 unspecified atom stereocenters. The van der Waals surface area contributed by atoms with E-state index in [0.717, 1.165) is 12.1 Å². The number of hydrogen-bond donors (Lipinski definition) is 1. The molecule has 0 aromatic heterocycles. The molecule has 0 heterocycles. The van der Waals surface area contributed by atoms with E-state index in [9.17, 15) is 18.3 Å². The zero-order valence-corrected chi connectivity index (χ0v) is 10.2. The fourth-order valence-electron chi connectivity index (χ4n) is 1.58. The minimum Gasteiger partial charge on any atom is -0.388 e. The van der Waals surface area contributed by atoms with Crippen LogP contribution < -0.4 is 0 Å². The lowest BCUT2D eigenvalue weighted by Crippen LogP contribution is -2.06. The van der Waals surface area contributed by atoms with Crippen molar-refractivity contribution in [3.05, 3.63) is 35.4 Å². The second-order valence-electron chi connectivity index (χ2n) is 3.97. The summed E-state index contributed by atoms with van der Waals surface area (Å²) in [5.74, 6) is 0. The van der Waals surface area contributed by atoms with Gasteiger partial charge >= 0.3 is 6.18 Å². The maximum absolute atomic E-state index is 12.3. The van der Waals surface area contributed by atoms with Crippen LogP contribution in [0.2, 0.25) is 0 Å². The average Bonchev–Trinajstić information content (AvgIpc) is 2.33. The quantitative estimate of drug-likeness (QED) is 0.794. The van der Waals surface area contributed by atoms with Gasteiger partial charge in [0.2, 0.25) is 0 Å². The zero-order chi connectivity index (χ0) is 13.6. The number of aliphatic hydroxyl groups excluding tert-OH is 1. The highest BCUT2D eigenvalue weighted by Gasteiger charge is 2.30. The lowest BCUT2D eigenvalue weighted by atomic mass is 10.0. The van der Waals surface area contributed by atoms with Crippen molar-refractivity contribution in [1.29, 1.82) is 0 Å². The van der Waals surface area contributed by atoms with Gasteiger partial charge in [0, 0.05) is 13.2 Å². The van der Waals surface area contributed by atoms with E-state index < -0.39 is 17.8 Å². The lowest BCUT2D eigenvalue weighted by molar-refractivity contribution is -0.137. The number of halogens is 3. The Morgan fingerprint density at radius 3 is 2.33 bits per heavy atom. The molecule has 1 atom stereocenters. The van der Waals surface area contributed by atoms with Crippen LogP contribution >= 0.6 is 0 Å². The van der Waals surface area contributed by atoms with E-state index >= 15 is 0 Å². The van der Waals surface area contributed by atoms with Crippen molar-refractivity contribution in [2.24, 2.45) is 0 Å². The highest BCUT2D eigenvalue weighted by molar-refractivity contribution is 5.25. The smallest absolute Gasteiger partial charge is 0.388 e. The number of hydrogen-bond acceptors (Lipinski definition) is 2. The van der Waals surface area contributed by atoms with Crippen molar-refractivity contribution < 1.29 is 23.0 Å². The van der Waals surface area contributed by atoms with Gasteiger partial charge in [-0.2, -0.15) is 13.2 Å². The first-order valence-corrected chi connectivity index (χ1v) is 5.88. The van der Waals surface area contributed by atoms with Crippen molar-refractivity contribution in [3.63, 3.8) is 0 Å². The molecule has 0 aliphatic heterocycles. The molecule has 0 bridgehead atoms. The fourth-order valence-corrected chi connectivity index (χ4v) is 1.58. The van der Waals surface area contributed by atoms with Crippen LogP contribution in [0.1, 0.15) is 37.0 Å². The van der Waals surface area contributed by atoms with Gasteiger partial charge in [0.1, 0.15) is 0 Å². The molecule has 1 N–H and O–H groups in total. The maximum atomic E-state index is 12.3. The molecule has 2 nitrogen and oxygen atoms in total. The van der Waals surface area contributed by atoms with Crippen LogP contribution in [0.4, 0.5) is 13.2 Å². The molecule has 1 aromatic carbocycles. The number of aliphatic hydroxyl groups is 1. The van der Waals surface area contributed by atoms with Crippen LogP contribution in [-0.4, -0.2) is 18.3 Å². The van der Waals surface area contributed by atoms with Gasteiger partial charge in [0.05, 0.1) is 11.7 Å². The molecule has 1 aromatic rings. The third-order valence-corrected chi connectivity index (χ3v) is 2.59. The summed E-state index contributed by atoms with van der Waals surface area (Å²) in [5, 5.41) is 9.78. The third kappa shape index (κ3) is 4.66. The summed E-state index contributed by atoms with van der Waals surface area (Å²) in [6.07, 6.45) is -3.92. The predicted octanol–water partition coefficient (Wildman–Crippen LogP) is 3.56. The highest BCUT2D eigenvalue weighted by Crippen LogP contribution is 2.30. The predicted molar refractivity (Wildman–Crippen MR) is 62.1 cm³/mol. The highest BCUT2D eigenvalue weighted by atomic mass is 19.4. The zero-order valence-electron chi connectivity index (χ0n) is 10.2. The normalized spacial score (nSPS) is 13.6. The molecule has 102 valence electrons. The third-order valence-electron chi connectivity index (χ3n) is 2.59. The first kappa shape index (κ1) is 15.0. The van der Waals surface area contributed by atoms with Gasteiger partial charge in [0.15, 0.2) is 0 Å². The van der Waals surface area contributed by atoms with Crippen molar-refractivity contribution >= 4 is 0 Å². The van der Waals surface area contributed by atoms with E-state index in [-0.39, 0.29) is 0 Å². The Morgan fingerprint density at radius 1 is 1.22 bits per heavy atom. The van der Waals surface area contributed by atoms with Gasteiger partial charge in [-0.3, -0.25) is 0 Å². The summed E-state index contributed by atoms with van der Waals surface area (Å²) in [4.78, 5) is 0. The lowest BCUT2D eigenvalue weighted by Gasteiger charge is -2.12. The van der Waals surface area contributed by atoms with Crippen LogP contribution in [-0.2, 0) is 10.9 Å². The summed E-state index contributed by atoms with van der Waals surface area (Å²) in [5.41, 5.74) is -0.202. The molecule has 5 heteroatoms. The largest absolute Gasteiger partial charge is 0.416 e. The molecule has 0 spiro atoms. The van der Waals surface area contributed by atoms with E-state index in [1.54, 1.807) is 0 Å². The Kier molecular flexibility index (Phi) is 5.62. The molecular formula is C13H17F3O2. The van der Waals surface area contributed by atoms with E-state index in [2.05, 4.69) is 0 Å². The van der Waals surface area contributed by atoms with Gasteiger partial charge in [-0.1, -0.05) is 12.1 Å². The molecular weight excluding hydrogens is 245 g/mol.